The number of rotatable bonds is 2. The van der Waals surface area contributed by atoms with E-state index in [1.165, 1.54) is 5.56 Å². The van der Waals surface area contributed by atoms with E-state index in [0.717, 1.165) is 12.8 Å². The van der Waals surface area contributed by atoms with E-state index in [0.29, 0.717) is 5.78 Å². The van der Waals surface area contributed by atoms with Crippen LogP contribution in [0.3, 0.4) is 0 Å². The standard InChI is InChI=1S/C15H18O/c1-15(2)11-10-13(14(15)16)9-8-12-6-4-3-5-7-12/h3-9,13H,10-11H2,1-2H3/b9-8+. The molecule has 0 spiro atoms. The van der Waals surface area contributed by atoms with Crippen molar-refractivity contribution >= 4 is 11.9 Å². The van der Waals surface area contributed by atoms with Gasteiger partial charge in [-0.3, -0.25) is 4.79 Å². The molecule has 0 N–H and O–H groups in total. The van der Waals surface area contributed by atoms with Crippen molar-refractivity contribution in [2.75, 3.05) is 0 Å². The minimum atomic E-state index is -0.119. The lowest BCUT2D eigenvalue weighted by atomic mass is 9.89. The number of carbonyl (C=O) groups is 1. The molecule has 16 heavy (non-hydrogen) atoms. The third-order valence-corrected chi connectivity index (χ3v) is 3.40. The average molecular weight is 214 g/mol. The van der Waals surface area contributed by atoms with Gasteiger partial charge in [-0.25, -0.2) is 0 Å². The van der Waals surface area contributed by atoms with Gasteiger partial charge in [0.15, 0.2) is 0 Å². The maximum Gasteiger partial charge on any atom is 0.145 e. The molecule has 0 aromatic heterocycles. The predicted molar refractivity (Wildman–Crippen MR) is 67.0 cm³/mol. The highest BCUT2D eigenvalue weighted by Gasteiger charge is 2.38. The number of carbonyl (C=O) groups excluding carboxylic acids is 1. The van der Waals surface area contributed by atoms with Crippen LogP contribution in [0.4, 0.5) is 0 Å². The summed E-state index contributed by atoms with van der Waals surface area (Å²) in [5.41, 5.74) is 1.05. The molecule has 1 saturated carbocycles. The number of hydrogen-bond acceptors (Lipinski definition) is 1. The maximum absolute atomic E-state index is 12.0. The Morgan fingerprint density at radius 3 is 2.50 bits per heavy atom. The summed E-state index contributed by atoms with van der Waals surface area (Å²) in [6.07, 6.45) is 6.13. The van der Waals surface area contributed by atoms with E-state index in [-0.39, 0.29) is 11.3 Å². The molecule has 2 rings (SSSR count). The summed E-state index contributed by atoms with van der Waals surface area (Å²) in [6, 6.07) is 10.1. The van der Waals surface area contributed by atoms with E-state index >= 15 is 0 Å². The highest BCUT2D eigenvalue weighted by molar-refractivity contribution is 5.90. The normalized spacial score (nSPS) is 24.1. The molecule has 1 aliphatic carbocycles. The quantitative estimate of drug-likeness (QED) is 0.733. The van der Waals surface area contributed by atoms with Gasteiger partial charge in [0.25, 0.3) is 0 Å². The van der Waals surface area contributed by atoms with E-state index in [2.05, 4.69) is 24.3 Å². The zero-order valence-electron chi connectivity index (χ0n) is 9.94. The molecule has 1 heteroatoms. The topological polar surface area (TPSA) is 17.1 Å². The van der Waals surface area contributed by atoms with Crippen LogP contribution in [0, 0.1) is 11.3 Å². The van der Waals surface area contributed by atoms with Gasteiger partial charge in [0, 0.05) is 11.3 Å². The van der Waals surface area contributed by atoms with Crippen molar-refractivity contribution in [3.8, 4) is 0 Å². The summed E-state index contributed by atoms with van der Waals surface area (Å²) in [7, 11) is 0. The SMILES string of the molecule is CC1(C)CCC(/C=C/c2ccccc2)C1=O. The molecule has 1 fully saturated rings. The Morgan fingerprint density at radius 2 is 1.94 bits per heavy atom. The molecule has 1 aliphatic rings. The predicted octanol–water partition coefficient (Wildman–Crippen LogP) is 3.71. The van der Waals surface area contributed by atoms with E-state index in [1.807, 2.05) is 32.0 Å². The molecular weight excluding hydrogens is 196 g/mol. The Morgan fingerprint density at radius 1 is 1.25 bits per heavy atom. The summed E-state index contributed by atoms with van der Waals surface area (Å²) < 4.78 is 0. The van der Waals surface area contributed by atoms with Crippen molar-refractivity contribution in [1.29, 1.82) is 0 Å². The van der Waals surface area contributed by atoms with Crippen LogP contribution in [0.15, 0.2) is 36.4 Å². The summed E-state index contributed by atoms with van der Waals surface area (Å²) in [6.45, 7) is 4.09. The van der Waals surface area contributed by atoms with Gasteiger partial charge in [-0.1, -0.05) is 56.3 Å². The summed E-state index contributed by atoms with van der Waals surface area (Å²) in [5, 5.41) is 0. The molecule has 0 radical (unpaired) electrons. The summed E-state index contributed by atoms with van der Waals surface area (Å²) in [4.78, 5) is 12.0. The minimum Gasteiger partial charge on any atom is -0.298 e. The lowest BCUT2D eigenvalue weighted by molar-refractivity contribution is -0.126. The first kappa shape index (κ1) is 11.1. The highest BCUT2D eigenvalue weighted by Crippen LogP contribution is 2.38. The van der Waals surface area contributed by atoms with Gasteiger partial charge in [0.05, 0.1) is 0 Å². The first-order valence-corrected chi connectivity index (χ1v) is 5.87. The van der Waals surface area contributed by atoms with Crippen molar-refractivity contribution in [1.82, 2.24) is 0 Å². The second-order valence-corrected chi connectivity index (χ2v) is 5.16. The first-order chi connectivity index (χ1) is 7.59. The van der Waals surface area contributed by atoms with Crippen LogP contribution in [-0.4, -0.2) is 5.78 Å². The van der Waals surface area contributed by atoms with Crippen LogP contribution in [-0.2, 0) is 4.79 Å². The second-order valence-electron chi connectivity index (χ2n) is 5.16. The second kappa shape index (κ2) is 4.25. The van der Waals surface area contributed by atoms with E-state index in [4.69, 9.17) is 0 Å². The van der Waals surface area contributed by atoms with Gasteiger partial charge < -0.3 is 0 Å². The van der Waals surface area contributed by atoms with Crippen molar-refractivity contribution in [3.05, 3.63) is 42.0 Å². The largest absolute Gasteiger partial charge is 0.298 e. The lowest BCUT2D eigenvalue weighted by Gasteiger charge is -2.14. The number of Topliss-reactive ketones (excluding diaryl/α,β-unsaturated/α-hetero) is 1. The van der Waals surface area contributed by atoms with E-state index in [1.54, 1.807) is 0 Å². The van der Waals surface area contributed by atoms with Gasteiger partial charge >= 0.3 is 0 Å². The van der Waals surface area contributed by atoms with Crippen molar-refractivity contribution < 1.29 is 4.79 Å². The van der Waals surface area contributed by atoms with Crippen molar-refractivity contribution in [2.24, 2.45) is 11.3 Å². The fourth-order valence-corrected chi connectivity index (χ4v) is 2.25. The fourth-order valence-electron chi connectivity index (χ4n) is 2.25. The van der Waals surface area contributed by atoms with E-state index in [9.17, 15) is 4.79 Å². The van der Waals surface area contributed by atoms with Gasteiger partial charge in [-0.15, -0.1) is 0 Å². The van der Waals surface area contributed by atoms with Crippen molar-refractivity contribution in [2.45, 2.75) is 26.7 Å². The molecule has 1 nitrogen and oxygen atoms in total. The Bertz CT molecular complexity index is 401. The molecule has 1 unspecified atom stereocenters. The van der Waals surface area contributed by atoms with Crippen LogP contribution in [0.25, 0.3) is 6.08 Å². The van der Waals surface area contributed by atoms with Crippen molar-refractivity contribution in [3.63, 3.8) is 0 Å². The highest BCUT2D eigenvalue weighted by atomic mass is 16.1. The van der Waals surface area contributed by atoms with Crippen LogP contribution in [0.2, 0.25) is 0 Å². The Kier molecular flexibility index (Phi) is 2.95. The van der Waals surface area contributed by atoms with Crippen LogP contribution < -0.4 is 0 Å². The first-order valence-electron chi connectivity index (χ1n) is 5.87. The molecule has 1 atom stereocenters. The van der Waals surface area contributed by atoms with Gasteiger partial charge in [-0.2, -0.15) is 0 Å². The zero-order chi connectivity index (χ0) is 11.6. The Labute approximate surface area is 97.2 Å². The van der Waals surface area contributed by atoms with Crippen LogP contribution in [0.1, 0.15) is 32.3 Å². The zero-order valence-corrected chi connectivity index (χ0v) is 9.94. The number of benzene rings is 1. The number of allylic oxidation sites excluding steroid dienone is 1. The molecule has 0 heterocycles. The molecule has 0 saturated heterocycles. The molecule has 1 aromatic rings. The third-order valence-electron chi connectivity index (χ3n) is 3.40. The van der Waals surface area contributed by atoms with Gasteiger partial charge in [-0.05, 0) is 18.4 Å². The smallest absolute Gasteiger partial charge is 0.145 e. The molecule has 1 aromatic carbocycles. The Balaban J connectivity index is 2.07. The van der Waals surface area contributed by atoms with Crippen LogP contribution >= 0.6 is 0 Å². The molecule has 84 valence electrons. The maximum atomic E-state index is 12.0. The number of hydrogen-bond donors (Lipinski definition) is 0. The Hall–Kier alpha value is -1.37. The lowest BCUT2D eigenvalue weighted by Crippen LogP contribution is -2.20. The monoisotopic (exact) mass is 214 g/mol. The molecular formula is C15H18O. The fraction of sp³-hybridized carbons (Fsp3) is 0.400. The average Bonchev–Trinajstić information content (AvgIpc) is 2.54. The molecule has 0 aliphatic heterocycles. The van der Waals surface area contributed by atoms with E-state index < -0.39 is 0 Å². The van der Waals surface area contributed by atoms with Gasteiger partial charge in [0.2, 0.25) is 0 Å². The molecule has 0 amide bonds. The summed E-state index contributed by atoms with van der Waals surface area (Å²) in [5.74, 6) is 0.509. The number of ketones is 1. The molecule has 0 bridgehead atoms. The summed E-state index contributed by atoms with van der Waals surface area (Å²) >= 11 is 0. The minimum absolute atomic E-state index is 0.119. The van der Waals surface area contributed by atoms with Crippen LogP contribution in [0.5, 0.6) is 0 Å². The van der Waals surface area contributed by atoms with Gasteiger partial charge in [0.1, 0.15) is 5.78 Å². The third kappa shape index (κ3) is 2.24.